The van der Waals surface area contributed by atoms with E-state index >= 15 is 0 Å². The van der Waals surface area contributed by atoms with Crippen LogP contribution < -0.4 is 10.6 Å². The largest absolute Gasteiger partial charge is 0.381 e. The highest BCUT2D eigenvalue weighted by Gasteiger charge is 2.40. The van der Waals surface area contributed by atoms with Crippen LogP contribution in [0.1, 0.15) is 75.4 Å². The van der Waals surface area contributed by atoms with Gasteiger partial charge in [0.05, 0.1) is 6.54 Å². The number of carbonyl (C=O) groups excluding carboxylic acids is 1. The van der Waals surface area contributed by atoms with Gasteiger partial charge in [-0.15, -0.1) is 0 Å². The third-order valence-corrected chi connectivity index (χ3v) is 6.34. The van der Waals surface area contributed by atoms with Crippen LogP contribution in [0.15, 0.2) is 4.52 Å². The molecular formula is C20H32N4O4. The highest BCUT2D eigenvalue weighted by Crippen LogP contribution is 2.33. The Bertz CT molecular complexity index is 632. The maximum atomic E-state index is 12.5. The van der Waals surface area contributed by atoms with Gasteiger partial charge < -0.3 is 19.3 Å². The molecule has 3 aliphatic rings. The van der Waals surface area contributed by atoms with Crippen molar-refractivity contribution in [1.82, 2.24) is 20.8 Å². The van der Waals surface area contributed by atoms with Gasteiger partial charge in [-0.3, -0.25) is 10.1 Å². The molecule has 3 fully saturated rings. The van der Waals surface area contributed by atoms with Gasteiger partial charge in [0.1, 0.15) is 5.54 Å². The van der Waals surface area contributed by atoms with E-state index in [9.17, 15) is 4.79 Å². The SMILES string of the molecule is O=C(CNC1(c2nc(C3CCOCC3)no2)CCOCC1)NC1CCCCC1. The maximum Gasteiger partial charge on any atom is 0.247 e. The van der Waals surface area contributed by atoms with E-state index < -0.39 is 5.54 Å². The number of nitrogens with zero attached hydrogens (tertiary/aromatic N) is 2. The van der Waals surface area contributed by atoms with Crippen molar-refractivity contribution in [2.24, 2.45) is 0 Å². The van der Waals surface area contributed by atoms with E-state index in [2.05, 4.69) is 15.8 Å². The summed E-state index contributed by atoms with van der Waals surface area (Å²) in [5.74, 6) is 1.68. The highest BCUT2D eigenvalue weighted by molar-refractivity contribution is 5.78. The van der Waals surface area contributed by atoms with Gasteiger partial charge in [-0.25, -0.2) is 0 Å². The van der Waals surface area contributed by atoms with Crippen LogP contribution in [0.25, 0.3) is 0 Å². The minimum atomic E-state index is -0.488. The topological polar surface area (TPSA) is 98.5 Å². The van der Waals surface area contributed by atoms with Crippen LogP contribution in [0.3, 0.4) is 0 Å². The zero-order valence-corrected chi connectivity index (χ0v) is 16.6. The predicted molar refractivity (Wildman–Crippen MR) is 102 cm³/mol. The predicted octanol–water partition coefficient (Wildman–Crippen LogP) is 2.01. The van der Waals surface area contributed by atoms with E-state index in [0.29, 0.717) is 25.1 Å². The first-order chi connectivity index (χ1) is 13.8. The molecule has 0 spiro atoms. The number of aromatic nitrogens is 2. The third-order valence-electron chi connectivity index (χ3n) is 6.34. The molecule has 1 aromatic rings. The second-order valence-electron chi connectivity index (χ2n) is 8.29. The molecule has 4 rings (SSSR count). The lowest BCUT2D eigenvalue weighted by molar-refractivity contribution is -0.122. The minimum absolute atomic E-state index is 0.0435. The summed E-state index contributed by atoms with van der Waals surface area (Å²) < 4.78 is 16.7. The van der Waals surface area contributed by atoms with Crippen LogP contribution in [0.2, 0.25) is 0 Å². The fourth-order valence-electron chi connectivity index (χ4n) is 4.51. The Morgan fingerprint density at radius 1 is 1.00 bits per heavy atom. The Labute approximate surface area is 166 Å². The standard InChI is InChI=1S/C20H32N4O4/c25-17(22-16-4-2-1-3-5-16)14-21-20(8-12-27-13-9-20)19-23-18(24-28-19)15-6-10-26-11-7-15/h15-16,21H,1-14H2,(H,22,25). The molecule has 0 aromatic carbocycles. The highest BCUT2D eigenvalue weighted by atomic mass is 16.5. The lowest BCUT2D eigenvalue weighted by atomic mass is 9.89. The fraction of sp³-hybridized carbons (Fsp3) is 0.850. The van der Waals surface area contributed by atoms with Crippen molar-refractivity contribution in [1.29, 1.82) is 0 Å². The molecule has 0 radical (unpaired) electrons. The second kappa shape index (κ2) is 9.33. The molecular weight excluding hydrogens is 360 g/mol. The number of nitrogens with one attached hydrogen (secondary N) is 2. The molecule has 1 saturated carbocycles. The maximum absolute atomic E-state index is 12.5. The third kappa shape index (κ3) is 4.72. The normalized spacial score (nSPS) is 24.1. The van der Waals surface area contributed by atoms with Crippen molar-refractivity contribution < 1.29 is 18.8 Å². The first-order valence-electron chi connectivity index (χ1n) is 10.8. The first kappa shape index (κ1) is 19.8. The van der Waals surface area contributed by atoms with Gasteiger partial charge in [-0.1, -0.05) is 24.4 Å². The van der Waals surface area contributed by atoms with Crippen molar-refractivity contribution in [3.63, 3.8) is 0 Å². The summed E-state index contributed by atoms with van der Waals surface area (Å²) in [4.78, 5) is 17.2. The Hall–Kier alpha value is -1.51. The lowest BCUT2D eigenvalue weighted by Gasteiger charge is -2.35. The molecule has 3 heterocycles. The zero-order chi connectivity index (χ0) is 19.2. The van der Waals surface area contributed by atoms with E-state index in [1.165, 1.54) is 19.3 Å². The summed E-state index contributed by atoms with van der Waals surface area (Å²) in [5.41, 5.74) is -0.488. The molecule has 2 saturated heterocycles. The Balaban J connectivity index is 1.40. The van der Waals surface area contributed by atoms with Crippen LogP contribution >= 0.6 is 0 Å². The smallest absolute Gasteiger partial charge is 0.247 e. The van der Waals surface area contributed by atoms with E-state index in [4.69, 9.17) is 19.0 Å². The molecule has 1 aliphatic carbocycles. The van der Waals surface area contributed by atoms with Crippen molar-refractivity contribution in [2.75, 3.05) is 33.0 Å². The van der Waals surface area contributed by atoms with Gasteiger partial charge in [0.15, 0.2) is 5.82 Å². The van der Waals surface area contributed by atoms with E-state index in [1.807, 2.05) is 0 Å². The van der Waals surface area contributed by atoms with Gasteiger partial charge in [0.2, 0.25) is 11.8 Å². The van der Waals surface area contributed by atoms with E-state index in [1.54, 1.807) is 0 Å². The molecule has 1 aromatic heterocycles. The van der Waals surface area contributed by atoms with Crippen molar-refractivity contribution in [3.05, 3.63) is 11.7 Å². The summed E-state index contributed by atoms with van der Waals surface area (Å²) >= 11 is 0. The average Bonchev–Trinajstić information content (AvgIpc) is 3.25. The molecule has 0 unspecified atom stereocenters. The van der Waals surface area contributed by atoms with Crippen LogP contribution in [0, 0.1) is 0 Å². The quantitative estimate of drug-likeness (QED) is 0.764. The fourth-order valence-corrected chi connectivity index (χ4v) is 4.51. The van der Waals surface area contributed by atoms with Gasteiger partial charge >= 0.3 is 0 Å². The average molecular weight is 393 g/mol. The van der Waals surface area contributed by atoms with Gasteiger partial charge in [0.25, 0.3) is 0 Å². The van der Waals surface area contributed by atoms with Gasteiger partial charge in [0, 0.05) is 38.4 Å². The molecule has 8 heteroatoms. The number of carbonyl (C=O) groups is 1. The summed E-state index contributed by atoms with van der Waals surface area (Å²) in [6, 6.07) is 0.317. The number of hydrogen-bond acceptors (Lipinski definition) is 7. The van der Waals surface area contributed by atoms with Crippen LogP contribution in [-0.4, -0.2) is 55.1 Å². The molecule has 8 nitrogen and oxygen atoms in total. The molecule has 2 aliphatic heterocycles. The first-order valence-corrected chi connectivity index (χ1v) is 10.8. The zero-order valence-electron chi connectivity index (χ0n) is 16.6. The molecule has 156 valence electrons. The molecule has 1 amide bonds. The number of amides is 1. The van der Waals surface area contributed by atoms with Gasteiger partial charge in [-0.05, 0) is 38.5 Å². The summed E-state index contributed by atoms with van der Waals surface area (Å²) in [6.45, 7) is 2.98. The summed E-state index contributed by atoms with van der Waals surface area (Å²) in [5, 5.41) is 10.9. The van der Waals surface area contributed by atoms with Crippen LogP contribution in [-0.2, 0) is 19.8 Å². The van der Waals surface area contributed by atoms with Crippen LogP contribution in [0.4, 0.5) is 0 Å². The number of hydrogen-bond donors (Lipinski definition) is 2. The lowest BCUT2D eigenvalue weighted by Crippen LogP contribution is -2.51. The van der Waals surface area contributed by atoms with Crippen molar-refractivity contribution in [3.8, 4) is 0 Å². The van der Waals surface area contributed by atoms with Crippen LogP contribution in [0.5, 0.6) is 0 Å². The van der Waals surface area contributed by atoms with E-state index in [-0.39, 0.29) is 18.4 Å². The Morgan fingerprint density at radius 3 is 2.46 bits per heavy atom. The molecule has 2 N–H and O–H groups in total. The Morgan fingerprint density at radius 2 is 1.71 bits per heavy atom. The summed E-state index contributed by atoms with van der Waals surface area (Å²) in [6.07, 6.45) is 9.15. The van der Waals surface area contributed by atoms with Gasteiger partial charge in [-0.2, -0.15) is 4.98 Å². The van der Waals surface area contributed by atoms with Crippen molar-refractivity contribution >= 4 is 5.91 Å². The van der Waals surface area contributed by atoms with Crippen molar-refractivity contribution in [2.45, 2.75) is 75.3 Å². The summed E-state index contributed by atoms with van der Waals surface area (Å²) in [7, 11) is 0. The number of rotatable bonds is 6. The molecule has 0 bridgehead atoms. The minimum Gasteiger partial charge on any atom is -0.381 e. The second-order valence-corrected chi connectivity index (χ2v) is 8.29. The molecule has 0 atom stereocenters. The molecule has 28 heavy (non-hydrogen) atoms. The number of ether oxygens (including phenoxy) is 2. The Kier molecular flexibility index (Phi) is 6.59. The monoisotopic (exact) mass is 392 g/mol. The van der Waals surface area contributed by atoms with E-state index in [0.717, 1.165) is 57.6 Å².